The van der Waals surface area contributed by atoms with E-state index in [1.807, 2.05) is 13.8 Å². The molecule has 0 spiro atoms. The van der Waals surface area contributed by atoms with Crippen LogP contribution in [-0.4, -0.2) is 28.3 Å². The van der Waals surface area contributed by atoms with Crippen LogP contribution < -0.4 is 5.32 Å². The molecule has 0 aromatic carbocycles. The molecule has 3 heterocycles. The standard InChI is InChI=1S/C16H19N3O3S/c1-4-10-13(9(3)20)8(2)17-14(10)15(21)19-16-18-11-5-6-22-7-12(11)23-16/h17H,4-7H2,1-3H3,(H,18,19,21). The van der Waals surface area contributed by atoms with Gasteiger partial charge in [-0.15, -0.1) is 0 Å². The molecule has 0 saturated heterocycles. The van der Waals surface area contributed by atoms with Crippen LogP contribution in [0.2, 0.25) is 0 Å². The van der Waals surface area contributed by atoms with Gasteiger partial charge in [0.15, 0.2) is 10.9 Å². The van der Waals surface area contributed by atoms with E-state index in [1.165, 1.54) is 18.3 Å². The monoisotopic (exact) mass is 333 g/mol. The van der Waals surface area contributed by atoms with Crippen molar-refractivity contribution in [2.45, 2.75) is 40.2 Å². The molecule has 0 aliphatic carbocycles. The fraction of sp³-hybridized carbons (Fsp3) is 0.438. The number of aromatic nitrogens is 2. The van der Waals surface area contributed by atoms with Crippen molar-refractivity contribution in [3.8, 4) is 0 Å². The van der Waals surface area contributed by atoms with Gasteiger partial charge in [-0.25, -0.2) is 4.98 Å². The van der Waals surface area contributed by atoms with E-state index < -0.39 is 0 Å². The largest absolute Gasteiger partial charge is 0.375 e. The average Bonchev–Trinajstić information content (AvgIpc) is 3.06. The summed E-state index contributed by atoms with van der Waals surface area (Å²) in [6.07, 6.45) is 1.39. The molecule has 3 rings (SSSR count). The number of aromatic amines is 1. The van der Waals surface area contributed by atoms with E-state index in [1.54, 1.807) is 0 Å². The van der Waals surface area contributed by atoms with Gasteiger partial charge in [-0.3, -0.25) is 14.9 Å². The summed E-state index contributed by atoms with van der Waals surface area (Å²) in [4.78, 5) is 32.9. The van der Waals surface area contributed by atoms with Crippen LogP contribution in [-0.2, 0) is 24.2 Å². The fourth-order valence-electron chi connectivity index (χ4n) is 2.94. The molecule has 0 unspecified atom stereocenters. The number of anilines is 1. The van der Waals surface area contributed by atoms with Gasteiger partial charge in [0.25, 0.3) is 5.91 Å². The van der Waals surface area contributed by atoms with Gasteiger partial charge in [-0.2, -0.15) is 0 Å². The lowest BCUT2D eigenvalue weighted by Gasteiger charge is -2.08. The topological polar surface area (TPSA) is 84.1 Å². The Morgan fingerprint density at radius 3 is 2.87 bits per heavy atom. The highest BCUT2D eigenvalue weighted by Gasteiger charge is 2.23. The number of hydrogen-bond acceptors (Lipinski definition) is 5. The second kappa shape index (κ2) is 6.25. The van der Waals surface area contributed by atoms with Crippen LogP contribution in [0, 0.1) is 6.92 Å². The minimum atomic E-state index is -0.260. The number of Topliss-reactive ketones (excluding diaryl/α,β-unsaturated/α-hetero) is 1. The highest BCUT2D eigenvalue weighted by Crippen LogP contribution is 2.28. The zero-order chi connectivity index (χ0) is 16.6. The molecular formula is C16H19N3O3S. The van der Waals surface area contributed by atoms with Crippen LogP contribution >= 0.6 is 11.3 Å². The molecule has 6 nitrogen and oxygen atoms in total. The molecule has 2 N–H and O–H groups in total. The van der Waals surface area contributed by atoms with Crippen molar-refractivity contribution in [1.29, 1.82) is 0 Å². The second-order valence-electron chi connectivity index (χ2n) is 5.53. The number of ketones is 1. The first kappa shape index (κ1) is 15.9. The Kier molecular flexibility index (Phi) is 4.32. The highest BCUT2D eigenvalue weighted by atomic mass is 32.1. The van der Waals surface area contributed by atoms with Crippen molar-refractivity contribution < 1.29 is 14.3 Å². The van der Waals surface area contributed by atoms with Crippen LogP contribution in [0.25, 0.3) is 0 Å². The molecule has 1 amide bonds. The van der Waals surface area contributed by atoms with Gasteiger partial charge in [0.1, 0.15) is 5.69 Å². The number of ether oxygens (including phenoxy) is 1. The van der Waals surface area contributed by atoms with Gasteiger partial charge in [0.2, 0.25) is 0 Å². The van der Waals surface area contributed by atoms with E-state index in [2.05, 4.69) is 15.3 Å². The Hall–Kier alpha value is -1.99. The lowest BCUT2D eigenvalue weighted by atomic mass is 10.0. The third kappa shape index (κ3) is 2.94. The number of hydrogen-bond donors (Lipinski definition) is 2. The molecule has 0 bridgehead atoms. The Morgan fingerprint density at radius 2 is 2.22 bits per heavy atom. The molecule has 0 radical (unpaired) electrons. The number of rotatable bonds is 4. The zero-order valence-corrected chi connectivity index (χ0v) is 14.2. The number of H-pyrrole nitrogens is 1. The Balaban J connectivity index is 1.87. The maximum absolute atomic E-state index is 12.6. The molecule has 0 atom stereocenters. The number of carbonyl (C=O) groups excluding carboxylic acids is 2. The van der Waals surface area contributed by atoms with Gasteiger partial charge in [-0.1, -0.05) is 18.3 Å². The number of aryl methyl sites for hydroxylation is 1. The Morgan fingerprint density at radius 1 is 1.43 bits per heavy atom. The lowest BCUT2D eigenvalue weighted by Crippen LogP contribution is -2.14. The van der Waals surface area contributed by atoms with E-state index >= 15 is 0 Å². The smallest absolute Gasteiger partial charge is 0.274 e. The molecule has 0 saturated carbocycles. The van der Waals surface area contributed by atoms with Crippen molar-refractivity contribution in [1.82, 2.24) is 9.97 Å². The molecular weight excluding hydrogens is 314 g/mol. The SMILES string of the molecule is CCc1c(C(=O)Nc2nc3c(s2)COCC3)[nH]c(C)c1C(C)=O. The summed E-state index contributed by atoms with van der Waals surface area (Å²) in [5, 5.41) is 3.41. The van der Waals surface area contributed by atoms with E-state index in [-0.39, 0.29) is 11.7 Å². The number of amides is 1. The predicted octanol–water partition coefficient (Wildman–Crippen LogP) is 2.87. The predicted molar refractivity (Wildman–Crippen MR) is 88.3 cm³/mol. The van der Waals surface area contributed by atoms with Crippen molar-refractivity contribution in [2.24, 2.45) is 0 Å². The summed E-state index contributed by atoms with van der Waals surface area (Å²) in [6, 6.07) is 0. The summed E-state index contributed by atoms with van der Waals surface area (Å²) in [6.45, 7) is 6.49. The minimum Gasteiger partial charge on any atom is -0.375 e. The first-order chi connectivity index (χ1) is 11.0. The van der Waals surface area contributed by atoms with Crippen molar-refractivity contribution >= 4 is 28.2 Å². The molecule has 1 aliphatic heterocycles. The quantitative estimate of drug-likeness (QED) is 0.843. The summed E-state index contributed by atoms with van der Waals surface area (Å²) in [7, 11) is 0. The van der Waals surface area contributed by atoms with Crippen molar-refractivity contribution in [2.75, 3.05) is 11.9 Å². The maximum Gasteiger partial charge on any atom is 0.274 e. The number of carbonyl (C=O) groups is 2. The lowest BCUT2D eigenvalue weighted by molar-refractivity contribution is 0.101. The number of thiazole rings is 1. The van der Waals surface area contributed by atoms with Crippen LogP contribution in [0.1, 0.15) is 56.5 Å². The van der Waals surface area contributed by atoms with Crippen LogP contribution in [0.4, 0.5) is 5.13 Å². The van der Waals surface area contributed by atoms with Crippen molar-refractivity contribution in [3.05, 3.63) is 33.1 Å². The van der Waals surface area contributed by atoms with Crippen molar-refractivity contribution in [3.63, 3.8) is 0 Å². The number of nitrogens with zero attached hydrogens (tertiary/aromatic N) is 1. The summed E-state index contributed by atoms with van der Waals surface area (Å²) < 4.78 is 5.39. The van der Waals surface area contributed by atoms with Crippen LogP contribution in [0.15, 0.2) is 0 Å². The van der Waals surface area contributed by atoms with E-state index in [9.17, 15) is 9.59 Å². The molecule has 2 aromatic heterocycles. The van der Waals surface area contributed by atoms with E-state index in [4.69, 9.17) is 4.74 Å². The summed E-state index contributed by atoms with van der Waals surface area (Å²) in [5.74, 6) is -0.291. The Labute approximate surface area is 138 Å². The molecule has 1 aliphatic rings. The van der Waals surface area contributed by atoms with Crippen LogP contribution in [0.3, 0.4) is 0 Å². The molecule has 122 valence electrons. The maximum atomic E-state index is 12.6. The Bertz CT molecular complexity index is 752. The second-order valence-corrected chi connectivity index (χ2v) is 6.62. The summed E-state index contributed by atoms with van der Waals surface area (Å²) >= 11 is 1.44. The van der Waals surface area contributed by atoms with E-state index in [0.29, 0.717) is 36.0 Å². The van der Waals surface area contributed by atoms with Gasteiger partial charge < -0.3 is 9.72 Å². The fourth-order valence-corrected chi connectivity index (χ4v) is 3.88. The normalized spacial score (nSPS) is 13.7. The van der Waals surface area contributed by atoms with Crippen LogP contribution in [0.5, 0.6) is 0 Å². The molecule has 7 heteroatoms. The third-order valence-electron chi connectivity index (χ3n) is 3.94. The first-order valence-electron chi connectivity index (χ1n) is 7.61. The number of fused-ring (bicyclic) bond motifs is 1. The minimum absolute atomic E-state index is 0.0310. The van der Waals surface area contributed by atoms with Gasteiger partial charge >= 0.3 is 0 Å². The molecule has 2 aromatic rings. The summed E-state index contributed by atoms with van der Waals surface area (Å²) in [5.41, 5.74) is 3.55. The van der Waals surface area contributed by atoms with Gasteiger partial charge in [-0.05, 0) is 25.8 Å². The molecule has 0 fully saturated rings. The first-order valence-corrected chi connectivity index (χ1v) is 8.43. The van der Waals surface area contributed by atoms with Gasteiger partial charge in [0.05, 0.1) is 23.8 Å². The number of nitrogens with one attached hydrogen (secondary N) is 2. The van der Waals surface area contributed by atoms with Gasteiger partial charge in [0, 0.05) is 17.7 Å². The van der Waals surface area contributed by atoms with E-state index in [0.717, 1.165) is 28.2 Å². The molecule has 23 heavy (non-hydrogen) atoms. The zero-order valence-electron chi connectivity index (χ0n) is 13.4. The average molecular weight is 333 g/mol. The highest BCUT2D eigenvalue weighted by molar-refractivity contribution is 7.15. The third-order valence-corrected chi connectivity index (χ3v) is 4.93.